The fourth-order valence-corrected chi connectivity index (χ4v) is 17.5. The van der Waals surface area contributed by atoms with Crippen LogP contribution in [0.5, 0.6) is 0 Å². The molecule has 0 aromatic carbocycles. The molecule has 0 aromatic heterocycles. The van der Waals surface area contributed by atoms with E-state index in [0.717, 1.165) is 0 Å². The zero-order valence-corrected chi connectivity index (χ0v) is 78.1. The largest absolute Gasteiger partial charge is 0.409 e. The minimum Gasteiger partial charge on any atom is -0.409 e. The van der Waals surface area contributed by atoms with E-state index >= 15 is 0 Å². The smallest absolute Gasteiger partial charge is 0.403 e. The highest BCUT2D eigenvalue weighted by atomic mass is 28.4. The molecule has 0 radical (unpaired) electrons. The van der Waals surface area contributed by atoms with Gasteiger partial charge in [0.15, 0.2) is 47.3 Å². The number of Topliss-reactive ketones (excluding diaryl/α,β-unsaturated/α-hetero) is 2. The minimum absolute atomic E-state index is 0.000895. The normalized spacial score (nSPS) is 13.7. The molecule has 722 valence electrons. The maximum Gasteiger partial charge on any atom is 0.403 e. The first-order chi connectivity index (χ1) is 59.8. The van der Waals surface area contributed by atoms with E-state index in [-0.39, 0.29) is 195 Å². The molecule has 126 heavy (non-hydrogen) atoms. The summed E-state index contributed by atoms with van der Waals surface area (Å²) >= 11 is 0. The van der Waals surface area contributed by atoms with Crippen LogP contribution in [0.25, 0.3) is 0 Å². The summed E-state index contributed by atoms with van der Waals surface area (Å²) in [6.45, 7) is 7.34. The minimum atomic E-state index is -3.71. The van der Waals surface area contributed by atoms with Crippen molar-refractivity contribution in [2.24, 2.45) is 29.0 Å². The number of primary amides is 3. The lowest BCUT2D eigenvalue weighted by Gasteiger charge is -2.31. The standard InChI is InChI=1S/C74H151N31O18Si3/c1-84-66(78)90-37-16-25-51(62(75)111)49-57(106)53(27-18-39-92-68(80)86-3)102-59(108)31-10-13-34-96-72(115)99-43-22-46-124(7,118)120-122-126(9,48-24-45-101-74(117)98-35-14-11-32-60(109)103-54(28-19-40-93-69(81)87-4)58(107)50-52(63(76)112)26-17-38-91-67(79)85-2)123-121-125(8,119)47-23-44-100-73(116)97-36-15-12-33-61(110)104-56(30-21-42-95-71(83)89-6)65(114)105-55(64(77)113)29-20-41-94-70(82)88-5/h51-56,118-119H,10-50H2,1-9H3,(H2,75,111)(H2,76,112)(H2,77,113)(H,102,108)(H,103,109)(H,104,110)(H,105,114)(H3,78,84,90)(H3,79,85,91)(H3,80,86,92)(H3,81,87,93)(H3,82,88,94)(H3,83,89,95)(H2,96,99,115)(H2,97,100,116)(H2,98,101,117)/t51-,52-,53+,54+,55+,56+,124?,125?,126?/m1/s1. The third-order valence-electron chi connectivity index (χ3n) is 19.3. The van der Waals surface area contributed by atoms with Gasteiger partial charge in [-0.1, -0.05) is 0 Å². The average molecular weight is 1850 g/mol. The maximum atomic E-state index is 13.6. The van der Waals surface area contributed by atoms with Crippen molar-refractivity contribution in [3.05, 3.63) is 0 Å². The first kappa shape index (κ1) is 115. The van der Waals surface area contributed by atoms with Gasteiger partial charge in [-0.15, -0.1) is 0 Å². The number of rotatable bonds is 71. The fourth-order valence-electron chi connectivity index (χ4n) is 11.9. The summed E-state index contributed by atoms with van der Waals surface area (Å²) in [7, 11) is -1.65. The van der Waals surface area contributed by atoms with E-state index in [1.54, 1.807) is 48.8 Å². The van der Waals surface area contributed by atoms with Gasteiger partial charge in [0.05, 0.1) is 12.1 Å². The summed E-state index contributed by atoms with van der Waals surface area (Å²) < 4.78 is 23.3. The van der Waals surface area contributed by atoms with E-state index in [4.69, 9.17) is 68.0 Å². The van der Waals surface area contributed by atoms with Crippen molar-refractivity contribution in [1.82, 2.24) is 117 Å². The number of hydrogen-bond acceptors (Lipinski definition) is 24. The number of urea groups is 3. The Labute approximate surface area is 742 Å². The Bertz CT molecular complexity index is 3220. The number of guanidine groups is 6. The summed E-state index contributed by atoms with van der Waals surface area (Å²) in [6, 6.07) is -5.33. The van der Waals surface area contributed by atoms with Crippen molar-refractivity contribution < 1.29 is 85.4 Å². The molecular formula is C74H151N31O18Si3. The molecule has 0 rings (SSSR count). The van der Waals surface area contributed by atoms with Crippen molar-refractivity contribution in [3.63, 3.8) is 0 Å². The Kier molecular flexibility index (Phi) is 63.0. The molecule has 36 N–H and O–H groups in total. The van der Waals surface area contributed by atoms with Gasteiger partial charge >= 0.3 is 43.8 Å². The monoisotopic (exact) mass is 1850 g/mol. The molecular weight excluding hydrogens is 1700 g/mol. The molecule has 0 saturated carbocycles. The molecule has 13 amide bonds. The van der Waals surface area contributed by atoms with Gasteiger partial charge in [0.1, 0.15) is 12.1 Å². The Balaban J connectivity index is 5.91. The highest BCUT2D eigenvalue weighted by Crippen LogP contribution is 2.24. The van der Waals surface area contributed by atoms with E-state index in [2.05, 4.69) is 117 Å². The highest BCUT2D eigenvalue weighted by Gasteiger charge is 2.43. The van der Waals surface area contributed by atoms with E-state index in [1.165, 1.54) is 13.1 Å². The number of unbranched alkanes of at least 4 members (excludes halogenated alkanes) is 3. The Morgan fingerprint density at radius 1 is 0.294 bits per heavy atom. The molecule has 0 aromatic rings. The zero-order chi connectivity index (χ0) is 94.7. The number of carbonyl (C=O) groups excluding carboxylic acids is 12. The number of nitrogens with one attached hydrogen (secondary N) is 28. The fraction of sp³-hybridized carbons (Fsp3) is 0.757. The second-order valence-electron chi connectivity index (χ2n) is 30.6. The number of nitrogens with two attached hydrogens (primary N) is 3. The summed E-state index contributed by atoms with van der Waals surface area (Å²) in [4.78, 5) is 179. The quantitative estimate of drug-likeness (QED) is 0.00697. The third-order valence-corrected chi connectivity index (χ3v) is 25.3. The number of hydrogen-bond donors (Lipinski definition) is 33. The van der Waals surface area contributed by atoms with Crippen LogP contribution in [-0.2, 0) is 61.5 Å². The second kappa shape index (κ2) is 68.7. The van der Waals surface area contributed by atoms with Gasteiger partial charge in [-0.25, -0.2) is 14.4 Å². The van der Waals surface area contributed by atoms with E-state index in [9.17, 15) is 67.1 Å². The lowest BCUT2D eigenvalue weighted by molar-refractivity contribution is -0.225. The SMILES string of the molecule is CNC(=N)NCCC[C@H](CC(=O)[C@H](CCCNC(=N)NC)NC(=O)CCCCNC(=O)NCCC[Si](C)(O)OO[Si](C)(CCCNC(=O)NCCCCC(=O)N[C@@H](CCCNC(=N)NC)C(=O)C[C@@H](CCCNC(=N)NC)C(N)=O)OO[Si](C)(O)CCCNC(=O)NCCCCC(=O)N[C@@H](CCCNC(=N)NC)C(=O)N[C@@H](CCCNC(=N)NC)C(N)=O)C(N)=O. The molecule has 0 fully saturated rings. The first-order valence-electron chi connectivity index (χ1n) is 43.1. The van der Waals surface area contributed by atoms with Gasteiger partial charge in [-0.05, 0) is 173 Å². The Morgan fingerprint density at radius 2 is 0.540 bits per heavy atom. The topological polar surface area (TPSA) is 768 Å². The van der Waals surface area contributed by atoms with Crippen LogP contribution in [0.1, 0.15) is 167 Å². The molecule has 0 aliphatic rings. The molecule has 0 aliphatic carbocycles. The molecule has 0 spiro atoms. The number of amides is 13. The van der Waals surface area contributed by atoms with Gasteiger partial charge in [0, 0.05) is 165 Å². The molecule has 0 bridgehead atoms. The summed E-state index contributed by atoms with van der Waals surface area (Å²) in [5.41, 5.74) is 16.9. The predicted octanol–water partition coefficient (Wildman–Crippen LogP) is -3.65. The lowest BCUT2D eigenvalue weighted by atomic mass is 9.92. The van der Waals surface area contributed by atoms with Crippen LogP contribution in [0.15, 0.2) is 0 Å². The van der Waals surface area contributed by atoms with Crippen LogP contribution in [0.4, 0.5) is 14.4 Å². The molecule has 52 heteroatoms. The Hall–Kier alpha value is -10.5. The molecule has 9 atom stereocenters. The van der Waals surface area contributed by atoms with Crippen molar-refractivity contribution >= 4 is 132 Å². The van der Waals surface area contributed by atoms with Crippen LogP contribution < -0.4 is 134 Å². The van der Waals surface area contributed by atoms with Gasteiger partial charge in [-0.3, -0.25) is 93.9 Å². The van der Waals surface area contributed by atoms with Crippen LogP contribution in [0.2, 0.25) is 37.8 Å². The summed E-state index contributed by atoms with van der Waals surface area (Å²) in [5.74, 6) is -5.84. The van der Waals surface area contributed by atoms with Crippen molar-refractivity contribution in [1.29, 1.82) is 32.5 Å². The van der Waals surface area contributed by atoms with Crippen LogP contribution in [0, 0.1) is 44.3 Å². The number of ketones is 2. The van der Waals surface area contributed by atoms with E-state index in [1.807, 2.05) is 0 Å². The molecule has 3 unspecified atom stereocenters. The van der Waals surface area contributed by atoms with E-state index < -0.39 is 121 Å². The van der Waals surface area contributed by atoms with E-state index in [0.29, 0.717) is 116 Å². The van der Waals surface area contributed by atoms with Gasteiger partial charge in [0.25, 0.3) is 0 Å². The van der Waals surface area contributed by atoms with Crippen molar-refractivity contribution in [2.45, 2.75) is 229 Å². The van der Waals surface area contributed by atoms with Crippen molar-refractivity contribution in [2.75, 3.05) is 121 Å². The molecule has 49 nitrogen and oxygen atoms in total. The lowest BCUT2D eigenvalue weighted by Crippen LogP contribution is -2.53. The van der Waals surface area contributed by atoms with Crippen LogP contribution >= 0.6 is 0 Å². The molecule has 0 aliphatic heterocycles. The van der Waals surface area contributed by atoms with Crippen LogP contribution in [-0.4, -0.2) is 287 Å². The van der Waals surface area contributed by atoms with Gasteiger partial charge < -0.3 is 144 Å². The zero-order valence-electron chi connectivity index (χ0n) is 75.1. The second-order valence-corrected chi connectivity index (χ2v) is 39.7. The average Bonchev–Trinajstić information content (AvgIpc) is 0.853. The molecule has 0 saturated heterocycles. The number of carbonyl (C=O) groups is 12. The Morgan fingerprint density at radius 3 is 0.817 bits per heavy atom. The highest BCUT2D eigenvalue weighted by molar-refractivity contribution is 6.69. The molecule has 0 heterocycles. The summed E-state index contributed by atoms with van der Waals surface area (Å²) in [6.07, 6.45) is 6.30. The van der Waals surface area contributed by atoms with Crippen molar-refractivity contribution in [3.8, 4) is 0 Å². The van der Waals surface area contributed by atoms with Crippen LogP contribution in [0.3, 0.4) is 0 Å². The third kappa shape index (κ3) is 60.9. The predicted molar refractivity (Wildman–Crippen MR) is 483 cm³/mol. The van der Waals surface area contributed by atoms with Gasteiger partial charge in [-0.2, -0.15) is 0 Å². The maximum absolute atomic E-state index is 13.6. The van der Waals surface area contributed by atoms with Gasteiger partial charge in [0.2, 0.25) is 41.4 Å². The first-order valence-corrected chi connectivity index (χ1v) is 50.8. The summed E-state index contributed by atoms with van der Waals surface area (Å²) in [5, 5.41) is 107.